The number of benzene rings is 2. The SMILES string of the molecule is Nc1c(F)c(N2CC[C@@H](n3ccnn3)C2)c(F)c2c1c(=O)c(C(=O)O)cn2-c1ccc(F)cc1F. The van der Waals surface area contributed by atoms with Crippen LogP contribution in [-0.4, -0.2) is 43.7 Å². The Bertz CT molecular complexity index is 1550. The summed E-state index contributed by atoms with van der Waals surface area (Å²) >= 11 is 0. The summed E-state index contributed by atoms with van der Waals surface area (Å²) in [4.78, 5) is 25.9. The van der Waals surface area contributed by atoms with Crippen LogP contribution < -0.4 is 16.1 Å². The molecule has 1 saturated heterocycles. The van der Waals surface area contributed by atoms with Crippen LogP contribution in [0.2, 0.25) is 0 Å². The molecule has 35 heavy (non-hydrogen) atoms. The number of anilines is 2. The predicted octanol–water partition coefficient (Wildman–Crippen LogP) is 2.87. The minimum absolute atomic E-state index is 0.129. The molecule has 0 spiro atoms. The standard InChI is InChI=1S/C22H16F4N6O3/c23-10-1-2-14(13(24)7-10)31-9-12(22(34)35)21(33)15-18(27)16(25)20(17(26)19(15)31)30-5-3-11(8-30)32-6-4-28-29-32/h1-2,4,6-7,9,11H,3,5,8,27H2,(H,34,35)/t11-/m1/s1. The number of aromatic carboxylic acids is 1. The van der Waals surface area contributed by atoms with Gasteiger partial charge >= 0.3 is 5.97 Å². The molecule has 0 unspecified atom stereocenters. The highest BCUT2D eigenvalue weighted by atomic mass is 19.1. The third-order valence-corrected chi connectivity index (χ3v) is 6.03. The van der Waals surface area contributed by atoms with E-state index in [4.69, 9.17) is 5.73 Å². The van der Waals surface area contributed by atoms with E-state index in [2.05, 4.69) is 10.3 Å². The first-order chi connectivity index (χ1) is 16.7. The van der Waals surface area contributed by atoms with E-state index in [9.17, 15) is 23.5 Å². The molecule has 0 radical (unpaired) electrons. The quantitative estimate of drug-likeness (QED) is 0.335. The number of rotatable bonds is 4. The number of nitrogens with two attached hydrogens (primary N) is 1. The summed E-state index contributed by atoms with van der Waals surface area (Å²) in [5, 5.41) is 16.3. The van der Waals surface area contributed by atoms with Gasteiger partial charge in [-0.1, -0.05) is 5.21 Å². The Hall–Kier alpha value is -4.42. The number of aromatic nitrogens is 4. The Morgan fingerprint density at radius 3 is 2.60 bits per heavy atom. The molecule has 1 aliphatic heterocycles. The van der Waals surface area contributed by atoms with Gasteiger partial charge < -0.3 is 20.3 Å². The van der Waals surface area contributed by atoms with Crippen molar-refractivity contribution in [3.63, 3.8) is 0 Å². The lowest BCUT2D eigenvalue weighted by atomic mass is 10.1. The van der Waals surface area contributed by atoms with Crippen molar-refractivity contribution in [1.82, 2.24) is 19.6 Å². The lowest BCUT2D eigenvalue weighted by molar-refractivity contribution is 0.0695. The van der Waals surface area contributed by atoms with E-state index in [0.717, 1.165) is 16.7 Å². The molecule has 9 nitrogen and oxygen atoms in total. The topological polar surface area (TPSA) is 119 Å². The van der Waals surface area contributed by atoms with Crippen LogP contribution in [-0.2, 0) is 0 Å². The van der Waals surface area contributed by atoms with E-state index in [1.807, 2.05) is 0 Å². The molecule has 3 heterocycles. The summed E-state index contributed by atoms with van der Waals surface area (Å²) in [6, 6.07) is 2.07. The van der Waals surface area contributed by atoms with Gasteiger partial charge in [0.1, 0.15) is 22.9 Å². The van der Waals surface area contributed by atoms with Crippen LogP contribution >= 0.6 is 0 Å². The number of carbonyl (C=O) groups is 1. The van der Waals surface area contributed by atoms with E-state index in [0.29, 0.717) is 18.7 Å². The molecule has 13 heteroatoms. The second kappa shape index (κ2) is 8.11. The average molecular weight is 488 g/mol. The zero-order valence-corrected chi connectivity index (χ0v) is 17.8. The average Bonchev–Trinajstić information content (AvgIpc) is 3.50. The van der Waals surface area contributed by atoms with Crippen LogP contribution in [0.4, 0.5) is 28.9 Å². The zero-order chi connectivity index (χ0) is 25.0. The van der Waals surface area contributed by atoms with Gasteiger partial charge in [0.25, 0.3) is 0 Å². The largest absolute Gasteiger partial charge is 0.477 e. The summed E-state index contributed by atoms with van der Waals surface area (Å²) in [6.07, 6.45) is 4.25. The van der Waals surface area contributed by atoms with E-state index in [1.54, 1.807) is 10.9 Å². The molecular formula is C22H16F4N6O3. The number of carboxylic acid groups (broad SMARTS) is 1. The molecular weight excluding hydrogens is 472 g/mol. The number of pyridine rings is 1. The van der Waals surface area contributed by atoms with Gasteiger partial charge in [0, 0.05) is 31.5 Å². The normalized spacial score (nSPS) is 15.8. The summed E-state index contributed by atoms with van der Waals surface area (Å²) in [5.41, 5.74) is 1.33. The van der Waals surface area contributed by atoms with Crippen molar-refractivity contribution in [2.24, 2.45) is 0 Å². The van der Waals surface area contributed by atoms with Gasteiger partial charge in [0.15, 0.2) is 11.6 Å². The summed E-state index contributed by atoms with van der Waals surface area (Å²) in [5.74, 6) is -6.31. The number of carboxylic acids is 1. The zero-order valence-electron chi connectivity index (χ0n) is 17.8. The fraction of sp³-hybridized carbons (Fsp3) is 0.182. The van der Waals surface area contributed by atoms with Crippen molar-refractivity contribution in [1.29, 1.82) is 0 Å². The molecule has 180 valence electrons. The molecule has 1 aliphatic rings. The number of nitrogen functional groups attached to an aromatic ring is 1. The van der Waals surface area contributed by atoms with Crippen molar-refractivity contribution < 1.29 is 27.5 Å². The number of hydrogen-bond donors (Lipinski definition) is 2. The third kappa shape index (κ3) is 3.47. The van der Waals surface area contributed by atoms with Gasteiger partial charge in [-0.3, -0.25) is 4.79 Å². The second-order valence-electron chi connectivity index (χ2n) is 8.03. The molecule has 3 N–H and O–H groups in total. The van der Waals surface area contributed by atoms with Crippen molar-refractivity contribution in [2.45, 2.75) is 12.5 Å². The molecule has 2 aromatic heterocycles. The Balaban J connectivity index is 1.80. The van der Waals surface area contributed by atoms with Crippen molar-refractivity contribution in [2.75, 3.05) is 23.7 Å². The Morgan fingerprint density at radius 2 is 1.94 bits per heavy atom. The van der Waals surface area contributed by atoms with Crippen molar-refractivity contribution >= 4 is 28.2 Å². The van der Waals surface area contributed by atoms with Gasteiger partial charge in [-0.15, -0.1) is 5.10 Å². The van der Waals surface area contributed by atoms with Gasteiger partial charge in [-0.05, 0) is 18.6 Å². The summed E-state index contributed by atoms with van der Waals surface area (Å²) in [7, 11) is 0. The monoisotopic (exact) mass is 488 g/mol. The minimum atomic E-state index is -1.72. The first-order valence-electron chi connectivity index (χ1n) is 10.3. The Kier molecular flexibility index (Phi) is 5.19. The molecule has 0 bridgehead atoms. The predicted molar refractivity (Wildman–Crippen MR) is 117 cm³/mol. The highest BCUT2D eigenvalue weighted by Gasteiger charge is 2.33. The van der Waals surface area contributed by atoms with Crippen molar-refractivity contribution in [3.8, 4) is 5.69 Å². The van der Waals surface area contributed by atoms with E-state index in [-0.39, 0.29) is 19.1 Å². The van der Waals surface area contributed by atoms with Crippen molar-refractivity contribution in [3.05, 3.63) is 75.8 Å². The highest BCUT2D eigenvalue weighted by molar-refractivity contribution is 6.00. The van der Waals surface area contributed by atoms with Gasteiger partial charge in [0.2, 0.25) is 5.43 Å². The molecule has 0 saturated carbocycles. The fourth-order valence-corrected chi connectivity index (χ4v) is 4.40. The molecule has 1 fully saturated rings. The first-order valence-corrected chi connectivity index (χ1v) is 10.3. The lowest BCUT2D eigenvalue weighted by Gasteiger charge is -2.24. The fourth-order valence-electron chi connectivity index (χ4n) is 4.40. The van der Waals surface area contributed by atoms with Gasteiger partial charge in [0.05, 0.1) is 34.5 Å². The van der Waals surface area contributed by atoms with Crippen LogP contribution in [0.3, 0.4) is 0 Å². The maximum atomic E-state index is 16.0. The van der Waals surface area contributed by atoms with Crippen LogP contribution in [0.1, 0.15) is 22.8 Å². The van der Waals surface area contributed by atoms with E-state index >= 15 is 8.78 Å². The second-order valence-corrected chi connectivity index (χ2v) is 8.03. The number of nitrogens with zero attached hydrogens (tertiary/aromatic N) is 5. The Labute approximate surface area is 193 Å². The van der Waals surface area contributed by atoms with Crippen LogP contribution in [0.15, 0.2) is 41.6 Å². The molecule has 2 aromatic carbocycles. The van der Waals surface area contributed by atoms with E-state index in [1.165, 1.54) is 11.1 Å². The highest BCUT2D eigenvalue weighted by Crippen LogP contribution is 2.39. The maximum Gasteiger partial charge on any atom is 0.341 e. The first kappa shape index (κ1) is 22.4. The third-order valence-electron chi connectivity index (χ3n) is 6.03. The molecule has 5 rings (SSSR count). The van der Waals surface area contributed by atoms with Crippen LogP contribution in [0, 0.1) is 23.3 Å². The summed E-state index contributed by atoms with van der Waals surface area (Å²) < 4.78 is 61.9. The van der Waals surface area contributed by atoms with Crippen LogP contribution in [0.5, 0.6) is 0 Å². The maximum absolute atomic E-state index is 16.0. The van der Waals surface area contributed by atoms with Crippen LogP contribution in [0.25, 0.3) is 16.6 Å². The minimum Gasteiger partial charge on any atom is -0.477 e. The lowest BCUT2D eigenvalue weighted by Crippen LogP contribution is -2.26. The molecule has 0 amide bonds. The molecule has 1 atom stereocenters. The summed E-state index contributed by atoms with van der Waals surface area (Å²) in [6.45, 7) is 0.330. The smallest absolute Gasteiger partial charge is 0.341 e. The molecule has 0 aliphatic carbocycles. The van der Waals surface area contributed by atoms with Gasteiger partial charge in [-0.25, -0.2) is 27.0 Å². The number of fused-ring (bicyclic) bond motifs is 1. The Morgan fingerprint density at radius 1 is 1.17 bits per heavy atom. The molecule has 4 aromatic rings. The number of hydrogen-bond acceptors (Lipinski definition) is 6. The number of halogens is 4. The van der Waals surface area contributed by atoms with Gasteiger partial charge in [-0.2, -0.15) is 0 Å². The van der Waals surface area contributed by atoms with E-state index < -0.39 is 68.2 Å².